The molecule has 4 nitrogen and oxygen atoms in total. The van der Waals surface area contributed by atoms with Crippen LogP contribution >= 0.6 is 0 Å². The van der Waals surface area contributed by atoms with E-state index in [1.165, 1.54) is 6.20 Å². The van der Waals surface area contributed by atoms with Crippen LogP contribution in [0.25, 0.3) is 11.3 Å². The van der Waals surface area contributed by atoms with Gasteiger partial charge in [0.15, 0.2) is 5.76 Å². The number of anilines is 1. The summed E-state index contributed by atoms with van der Waals surface area (Å²) < 4.78 is 5.22. The van der Waals surface area contributed by atoms with Gasteiger partial charge in [0.05, 0.1) is 6.20 Å². The Kier molecular flexibility index (Phi) is 3.51. The molecule has 0 bridgehead atoms. The van der Waals surface area contributed by atoms with Crippen LogP contribution < -0.4 is 5.32 Å². The van der Waals surface area contributed by atoms with Gasteiger partial charge in [0.25, 0.3) is 5.91 Å². The van der Waals surface area contributed by atoms with E-state index in [1.54, 1.807) is 0 Å². The third kappa shape index (κ3) is 2.84. The molecule has 0 atom stereocenters. The number of nitrogens with zero attached hydrogens (tertiary/aromatic N) is 1. The highest BCUT2D eigenvalue weighted by Gasteiger charge is 2.17. The molecule has 0 radical (unpaired) electrons. The average Bonchev–Trinajstić information content (AvgIpc) is 2.98. The summed E-state index contributed by atoms with van der Waals surface area (Å²) >= 11 is 0. The lowest BCUT2D eigenvalue weighted by Gasteiger charge is -2.05. The summed E-state index contributed by atoms with van der Waals surface area (Å²) in [6.07, 6.45) is 1.44. The van der Waals surface area contributed by atoms with Gasteiger partial charge >= 0.3 is 0 Å². The Morgan fingerprint density at radius 3 is 2.67 bits per heavy atom. The molecule has 0 aliphatic carbocycles. The van der Waals surface area contributed by atoms with Crippen LogP contribution in [0.4, 0.5) is 5.69 Å². The van der Waals surface area contributed by atoms with Crippen molar-refractivity contribution in [3.8, 4) is 11.3 Å². The van der Waals surface area contributed by atoms with Crippen molar-refractivity contribution in [2.45, 2.75) is 6.92 Å². The van der Waals surface area contributed by atoms with Crippen molar-refractivity contribution in [2.75, 3.05) is 5.32 Å². The molecule has 104 valence electrons. The minimum absolute atomic E-state index is 0.235. The van der Waals surface area contributed by atoms with Crippen molar-refractivity contribution in [3.63, 3.8) is 0 Å². The molecule has 4 heteroatoms. The van der Waals surface area contributed by atoms with Gasteiger partial charge in [0.2, 0.25) is 0 Å². The summed E-state index contributed by atoms with van der Waals surface area (Å²) in [5, 5.41) is 6.60. The third-order valence-corrected chi connectivity index (χ3v) is 3.13. The zero-order valence-corrected chi connectivity index (χ0v) is 11.5. The lowest BCUT2D eigenvalue weighted by molar-refractivity contribution is 0.102. The largest absolute Gasteiger partial charge is 0.355 e. The molecule has 1 aromatic heterocycles. The van der Waals surface area contributed by atoms with Crippen molar-refractivity contribution in [1.29, 1.82) is 0 Å². The van der Waals surface area contributed by atoms with Crippen LogP contribution in [0, 0.1) is 6.92 Å². The van der Waals surface area contributed by atoms with E-state index >= 15 is 0 Å². The van der Waals surface area contributed by atoms with E-state index in [0.717, 1.165) is 16.8 Å². The number of amides is 1. The molecule has 3 aromatic rings. The van der Waals surface area contributed by atoms with Gasteiger partial charge in [0.1, 0.15) is 5.56 Å². The van der Waals surface area contributed by atoms with Gasteiger partial charge in [-0.1, -0.05) is 47.6 Å². The maximum atomic E-state index is 12.4. The van der Waals surface area contributed by atoms with E-state index in [9.17, 15) is 4.79 Å². The predicted molar refractivity (Wildman–Crippen MR) is 81.1 cm³/mol. The second-order valence-electron chi connectivity index (χ2n) is 4.76. The standard InChI is InChI=1S/C17H14N2O2/c1-12-6-5-9-14(10-12)19-17(20)15-11-18-21-16(15)13-7-3-2-4-8-13/h2-11H,1H3,(H,19,20). The maximum absolute atomic E-state index is 12.4. The number of hydrogen-bond donors (Lipinski definition) is 1. The molecule has 0 spiro atoms. The highest BCUT2D eigenvalue weighted by Crippen LogP contribution is 2.24. The Balaban J connectivity index is 1.88. The first-order valence-corrected chi connectivity index (χ1v) is 6.62. The second-order valence-corrected chi connectivity index (χ2v) is 4.76. The number of aryl methyl sites for hydroxylation is 1. The number of benzene rings is 2. The van der Waals surface area contributed by atoms with Crippen LogP contribution in [0.1, 0.15) is 15.9 Å². The minimum Gasteiger partial charge on any atom is -0.355 e. The van der Waals surface area contributed by atoms with Gasteiger partial charge < -0.3 is 9.84 Å². The Bertz CT molecular complexity index is 763. The van der Waals surface area contributed by atoms with Gasteiger partial charge in [0, 0.05) is 11.3 Å². The normalized spacial score (nSPS) is 10.3. The third-order valence-electron chi connectivity index (χ3n) is 3.13. The first-order valence-electron chi connectivity index (χ1n) is 6.62. The fourth-order valence-corrected chi connectivity index (χ4v) is 2.12. The summed E-state index contributed by atoms with van der Waals surface area (Å²) in [5.74, 6) is 0.237. The number of nitrogens with one attached hydrogen (secondary N) is 1. The fraction of sp³-hybridized carbons (Fsp3) is 0.0588. The molecule has 0 aliphatic rings. The average molecular weight is 278 g/mol. The number of carbonyl (C=O) groups excluding carboxylic acids is 1. The monoisotopic (exact) mass is 278 g/mol. The molecule has 1 heterocycles. The van der Waals surface area contributed by atoms with Crippen molar-refractivity contribution in [1.82, 2.24) is 5.16 Å². The van der Waals surface area contributed by atoms with Crippen LogP contribution in [0.3, 0.4) is 0 Å². The zero-order chi connectivity index (χ0) is 14.7. The van der Waals surface area contributed by atoms with Gasteiger partial charge in [-0.3, -0.25) is 4.79 Å². The topological polar surface area (TPSA) is 55.1 Å². The van der Waals surface area contributed by atoms with Crippen LogP contribution in [-0.4, -0.2) is 11.1 Å². The first kappa shape index (κ1) is 13.1. The van der Waals surface area contributed by atoms with E-state index in [4.69, 9.17) is 4.52 Å². The maximum Gasteiger partial charge on any atom is 0.261 e. The van der Waals surface area contributed by atoms with E-state index in [1.807, 2.05) is 61.5 Å². The van der Waals surface area contributed by atoms with E-state index in [2.05, 4.69) is 10.5 Å². The molecular weight excluding hydrogens is 264 g/mol. The van der Waals surface area contributed by atoms with Gasteiger partial charge in [-0.25, -0.2) is 0 Å². The Labute approximate surface area is 122 Å². The van der Waals surface area contributed by atoms with Crippen molar-refractivity contribution in [2.24, 2.45) is 0 Å². The van der Waals surface area contributed by atoms with Crippen LogP contribution in [0.15, 0.2) is 65.3 Å². The molecule has 0 aliphatic heterocycles. The molecular formula is C17H14N2O2. The van der Waals surface area contributed by atoms with Crippen molar-refractivity contribution in [3.05, 3.63) is 71.9 Å². The minimum atomic E-state index is -0.235. The highest BCUT2D eigenvalue weighted by atomic mass is 16.5. The van der Waals surface area contributed by atoms with Crippen LogP contribution in [-0.2, 0) is 0 Å². The molecule has 2 aromatic carbocycles. The van der Waals surface area contributed by atoms with E-state index in [-0.39, 0.29) is 5.91 Å². The first-order chi connectivity index (χ1) is 10.2. The van der Waals surface area contributed by atoms with Crippen LogP contribution in [0.5, 0.6) is 0 Å². The number of aromatic nitrogens is 1. The highest BCUT2D eigenvalue weighted by molar-refractivity contribution is 6.07. The van der Waals surface area contributed by atoms with E-state index < -0.39 is 0 Å². The summed E-state index contributed by atoms with van der Waals surface area (Å²) in [4.78, 5) is 12.4. The predicted octanol–water partition coefficient (Wildman–Crippen LogP) is 3.90. The second kappa shape index (κ2) is 5.63. The Hall–Kier alpha value is -2.88. The van der Waals surface area contributed by atoms with Gasteiger partial charge in [-0.15, -0.1) is 0 Å². The molecule has 3 rings (SSSR count). The smallest absolute Gasteiger partial charge is 0.261 e. The lowest BCUT2D eigenvalue weighted by Crippen LogP contribution is -2.12. The fourth-order valence-electron chi connectivity index (χ4n) is 2.12. The number of rotatable bonds is 3. The summed E-state index contributed by atoms with van der Waals surface area (Å²) in [6, 6.07) is 17.1. The number of hydrogen-bond acceptors (Lipinski definition) is 3. The molecule has 0 fully saturated rings. The molecule has 0 unspecified atom stereocenters. The Morgan fingerprint density at radius 2 is 1.90 bits per heavy atom. The lowest BCUT2D eigenvalue weighted by atomic mass is 10.1. The van der Waals surface area contributed by atoms with Gasteiger partial charge in [-0.2, -0.15) is 0 Å². The zero-order valence-electron chi connectivity index (χ0n) is 11.5. The summed E-state index contributed by atoms with van der Waals surface area (Å²) in [5.41, 5.74) is 3.08. The SMILES string of the molecule is Cc1cccc(NC(=O)c2cnoc2-c2ccccc2)c1. The summed E-state index contributed by atoms with van der Waals surface area (Å²) in [7, 11) is 0. The van der Waals surface area contributed by atoms with Crippen molar-refractivity contribution >= 4 is 11.6 Å². The number of carbonyl (C=O) groups is 1. The summed E-state index contributed by atoms with van der Waals surface area (Å²) in [6.45, 7) is 1.98. The van der Waals surface area contributed by atoms with Crippen LogP contribution in [0.2, 0.25) is 0 Å². The molecule has 1 amide bonds. The molecule has 0 saturated heterocycles. The molecule has 0 saturated carbocycles. The Morgan fingerprint density at radius 1 is 1.10 bits per heavy atom. The molecule has 1 N–H and O–H groups in total. The quantitative estimate of drug-likeness (QED) is 0.790. The van der Waals surface area contributed by atoms with E-state index in [0.29, 0.717) is 11.3 Å². The van der Waals surface area contributed by atoms with Gasteiger partial charge in [-0.05, 0) is 24.6 Å². The molecule has 21 heavy (non-hydrogen) atoms. The van der Waals surface area contributed by atoms with Crippen molar-refractivity contribution < 1.29 is 9.32 Å².